The van der Waals surface area contributed by atoms with Crippen molar-refractivity contribution in [3.8, 4) is 0 Å². The summed E-state index contributed by atoms with van der Waals surface area (Å²) in [6.07, 6.45) is -0.751. The molecule has 0 aliphatic carbocycles. The van der Waals surface area contributed by atoms with Crippen LogP contribution in [0, 0.1) is 22.0 Å². The van der Waals surface area contributed by atoms with Gasteiger partial charge in [-0.15, -0.1) is 0 Å². The second-order valence-corrected chi connectivity index (χ2v) is 14.9. The van der Waals surface area contributed by atoms with Crippen molar-refractivity contribution >= 4 is 31.7 Å². The van der Waals surface area contributed by atoms with E-state index in [1.165, 1.54) is 24.3 Å². The number of Topliss-reactive ketones (excluding diaryl/α,β-unsaturated/α-hetero) is 1. The highest BCUT2D eigenvalue weighted by atomic mass is 28.4. The van der Waals surface area contributed by atoms with E-state index in [2.05, 4.69) is 39.2 Å². The van der Waals surface area contributed by atoms with E-state index in [0.717, 1.165) is 0 Å². The minimum atomic E-state index is -2.09. The zero-order valence-corrected chi connectivity index (χ0v) is 21.3. The molecule has 1 aromatic rings. The molecule has 182 valence electrons. The van der Waals surface area contributed by atoms with Gasteiger partial charge >= 0.3 is 5.97 Å². The molecule has 4 atom stereocenters. The maximum atomic E-state index is 12.7. The first-order chi connectivity index (χ1) is 15.1. The fraction of sp³-hybridized carbons (Fsp3) is 0.609. The van der Waals surface area contributed by atoms with Crippen molar-refractivity contribution in [2.24, 2.45) is 11.8 Å². The Hall–Kier alpha value is -2.59. The van der Waals surface area contributed by atoms with E-state index in [1.807, 2.05) is 6.92 Å². The third-order valence-electron chi connectivity index (χ3n) is 6.70. The van der Waals surface area contributed by atoms with Crippen LogP contribution in [0.4, 0.5) is 5.69 Å². The van der Waals surface area contributed by atoms with Crippen LogP contribution in [0.15, 0.2) is 24.3 Å². The highest BCUT2D eigenvalue weighted by Gasteiger charge is 2.50. The molecule has 1 amide bonds. The van der Waals surface area contributed by atoms with Crippen LogP contribution in [0.2, 0.25) is 18.1 Å². The first-order valence-corrected chi connectivity index (χ1v) is 13.9. The van der Waals surface area contributed by atoms with E-state index in [1.54, 1.807) is 6.92 Å². The van der Waals surface area contributed by atoms with Gasteiger partial charge in [0.05, 0.1) is 23.0 Å². The van der Waals surface area contributed by atoms with Crippen molar-refractivity contribution in [2.75, 3.05) is 0 Å². The molecule has 1 aliphatic rings. The highest BCUT2D eigenvalue weighted by Crippen LogP contribution is 2.39. The Bertz CT molecular complexity index is 908. The predicted molar refractivity (Wildman–Crippen MR) is 125 cm³/mol. The maximum Gasteiger partial charge on any atom is 0.313 e. The number of hydrogen-bond acceptors (Lipinski definition) is 7. The second-order valence-electron chi connectivity index (χ2n) is 10.2. The van der Waals surface area contributed by atoms with Gasteiger partial charge in [0.15, 0.2) is 8.32 Å². The number of esters is 1. The molecule has 1 fully saturated rings. The molecule has 0 bridgehead atoms. The van der Waals surface area contributed by atoms with Gasteiger partial charge in [0.2, 0.25) is 5.91 Å². The average Bonchev–Trinajstić information content (AvgIpc) is 2.68. The van der Waals surface area contributed by atoms with E-state index in [4.69, 9.17) is 9.16 Å². The Kier molecular flexibility index (Phi) is 8.18. The summed E-state index contributed by atoms with van der Waals surface area (Å²) in [5, 5.41) is 13.5. The summed E-state index contributed by atoms with van der Waals surface area (Å²) < 4.78 is 11.5. The summed E-state index contributed by atoms with van der Waals surface area (Å²) in [5.41, 5.74) is 0.523. The van der Waals surface area contributed by atoms with Crippen molar-refractivity contribution in [3.63, 3.8) is 0 Å². The molecule has 1 N–H and O–H groups in total. The second kappa shape index (κ2) is 10.1. The number of hydrogen-bond donors (Lipinski definition) is 1. The Balaban J connectivity index is 1.90. The van der Waals surface area contributed by atoms with Crippen LogP contribution in [-0.4, -0.2) is 43.0 Å². The zero-order chi connectivity index (χ0) is 25.1. The fourth-order valence-corrected chi connectivity index (χ4v) is 4.93. The lowest BCUT2D eigenvalue weighted by atomic mass is 9.77. The number of rotatable bonds is 10. The molecule has 9 nitrogen and oxygen atoms in total. The van der Waals surface area contributed by atoms with Gasteiger partial charge in [-0.2, -0.15) is 0 Å². The Morgan fingerprint density at radius 1 is 1.18 bits per heavy atom. The van der Waals surface area contributed by atoms with Crippen molar-refractivity contribution < 1.29 is 28.5 Å². The van der Waals surface area contributed by atoms with Crippen molar-refractivity contribution in [1.82, 2.24) is 5.32 Å². The molecule has 2 unspecified atom stereocenters. The molecule has 1 aliphatic heterocycles. The van der Waals surface area contributed by atoms with Crippen LogP contribution < -0.4 is 5.32 Å². The number of nitrogens with one attached hydrogen (secondary N) is 1. The normalized spacial score (nSPS) is 20.3. The molecule has 0 spiro atoms. The van der Waals surface area contributed by atoms with Gasteiger partial charge in [-0.1, -0.05) is 27.7 Å². The lowest BCUT2D eigenvalue weighted by Gasteiger charge is -2.46. The number of nitro benzene ring substituents is 1. The van der Waals surface area contributed by atoms with E-state index in [-0.39, 0.29) is 35.1 Å². The highest BCUT2D eigenvalue weighted by molar-refractivity contribution is 6.74. The molecule has 2 rings (SSSR count). The quantitative estimate of drug-likeness (QED) is 0.136. The molecular formula is C23H34N2O7Si. The number of ketones is 1. The van der Waals surface area contributed by atoms with Crippen LogP contribution in [0.1, 0.15) is 46.6 Å². The summed E-state index contributed by atoms with van der Waals surface area (Å²) in [5.74, 6) is -2.16. The first-order valence-electron chi connectivity index (χ1n) is 11.0. The summed E-state index contributed by atoms with van der Waals surface area (Å²) in [4.78, 5) is 47.3. The van der Waals surface area contributed by atoms with Crippen LogP contribution in [0.5, 0.6) is 0 Å². The summed E-state index contributed by atoms with van der Waals surface area (Å²) in [7, 11) is -2.09. The lowest BCUT2D eigenvalue weighted by molar-refractivity contribution is -0.384. The number of nitrogens with zero attached hydrogens (tertiary/aromatic N) is 1. The minimum Gasteiger partial charge on any atom is -0.460 e. The van der Waals surface area contributed by atoms with E-state index < -0.39 is 43.5 Å². The van der Waals surface area contributed by atoms with Crippen molar-refractivity contribution in [1.29, 1.82) is 0 Å². The fourth-order valence-electron chi connectivity index (χ4n) is 3.51. The smallest absolute Gasteiger partial charge is 0.313 e. The van der Waals surface area contributed by atoms with Gasteiger partial charge in [0, 0.05) is 18.1 Å². The first kappa shape index (κ1) is 26.7. The Morgan fingerprint density at radius 3 is 2.24 bits per heavy atom. The van der Waals surface area contributed by atoms with Crippen LogP contribution >= 0.6 is 0 Å². The number of carbonyl (C=O) groups excluding carboxylic acids is 3. The molecule has 33 heavy (non-hydrogen) atoms. The maximum absolute atomic E-state index is 12.7. The average molecular weight is 479 g/mol. The van der Waals surface area contributed by atoms with Crippen LogP contribution in [0.25, 0.3) is 0 Å². The van der Waals surface area contributed by atoms with Gasteiger partial charge in [-0.05, 0) is 42.8 Å². The van der Waals surface area contributed by atoms with Gasteiger partial charge < -0.3 is 14.5 Å². The minimum absolute atomic E-state index is 0.00809. The number of amides is 1. The Morgan fingerprint density at radius 2 is 1.76 bits per heavy atom. The van der Waals surface area contributed by atoms with Gasteiger partial charge in [0.1, 0.15) is 18.8 Å². The van der Waals surface area contributed by atoms with Gasteiger partial charge in [0.25, 0.3) is 5.69 Å². The number of β-lactam (4-membered cyclic amide) rings is 1. The number of non-ortho nitro benzene ring substituents is 1. The molecular weight excluding hydrogens is 444 g/mol. The SMILES string of the molecule is C[C@H](O[Si](C)(C)C(C)(C)C)C1C(=O)NC1[C@@H](C)C(=O)CC(=O)OCc1ccc([N+](=O)[O-])cc1. The van der Waals surface area contributed by atoms with Crippen molar-refractivity contribution in [3.05, 3.63) is 39.9 Å². The molecule has 1 saturated heterocycles. The van der Waals surface area contributed by atoms with Gasteiger partial charge in [-0.25, -0.2) is 0 Å². The third kappa shape index (κ3) is 6.48. The van der Waals surface area contributed by atoms with E-state index in [9.17, 15) is 24.5 Å². The summed E-state index contributed by atoms with van der Waals surface area (Å²) in [6, 6.07) is 5.24. The number of nitro groups is 1. The summed E-state index contributed by atoms with van der Waals surface area (Å²) in [6.45, 7) is 14.1. The zero-order valence-electron chi connectivity index (χ0n) is 20.3. The number of carbonyl (C=O) groups is 3. The molecule has 0 radical (unpaired) electrons. The van der Waals surface area contributed by atoms with Gasteiger partial charge in [-0.3, -0.25) is 24.5 Å². The molecule has 1 heterocycles. The van der Waals surface area contributed by atoms with E-state index in [0.29, 0.717) is 5.56 Å². The van der Waals surface area contributed by atoms with Crippen LogP contribution in [-0.2, 0) is 30.2 Å². The predicted octanol–water partition coefficient (Wildman–Crippen LogP) is 3.76. The molecule has 10 heteroatoms. The molecule has 0 saturated carbocycles. The summed E-state index contributed by atoms with van der Waals surface area (Å²) >= 11 is 0. The van der Waals surface area contributed by atoms with Crippen LogP contribution in [0.3, 0.4) is 0 Å². The Labute approximate surface area is 195 Å². The topological polar surface area (TPSA) is 125 Å². The number of benzene rings is 1. The lowest BCUT2D eigenvalue weighted by Crippen LogP contribution is -2.66. The standard InChI is InChI=1S/C23H34N2O7Si/c1-14(21-20(22(28)24-21)15(2)32-33(6,7)23(3,4)5)18(26)12-19(27)31-13-16-8-10-17(11-9-16)25(29)30/h8-11,14-15,20-21H,12-13H2,1-7H3,(H,24,28)/t14-,15-,20?,21?/m0/s1. The molecule has 1 aromatic carbocycles. The van der Waals surface area contributed by atoms with Crippen molar-refractivity contribution in [2.45, 2.75) is 77.9 Å². The number of ether oxygens (including phenoxy) is 1. The monoisotopic (exact) mass is 478 g/mol. The van der Waals surface area contributed by atoms with E-state index >= 15 is 0 Å². The molecule has 0 aromatic heterocycles. The largest absolute Gasteiger partial charge is 0.460 e. The third-order valence-corrected chi connectivity index (χ3v) is 11.3.